The lowest BCUT2D eigenvalue weighted by Gasteiger charge is -2.20. The maximum atomic E-state index is 11.8. The number of rotatable bonds is 4. The normalized spacial score (nSPS) is 23.3. The molecule has 0 aliphatic carbocycles. The van der Waals surface area contributed by atoms with Gasteiger partial charge in [-0.3, -0.25) is 9.89 Å². The molecule has 0 saturated carbocycles. The van der Waals surface area contributed by atoms with E-state index in [2.05, 4.69) is 15.5 Å². The second-order valence-corrected chi connectivity index (χ2v) is 4.89. The van der Waals surface area contributed by atoms with Crippen molar-refractivity contribution in [3.63, 3.8) is 0 Å². The Kier molecular flexibility index (Phi) is 3.68. The van der Waals surface area contributed by atoms with Crippen molar-refractivity contribution in [3.05, 3.63) is 17.0 Å². The molecule has 1 fully saturated rings. The number of amides is 1. The second kappa shape index (κ2) is 5.07. The molecule has 1 aromatic heterocycles. The molecule has 0 aromatic carbocycles. The van der Waals surface area contributed by atoms with Crippen LogP contribution in [0.1, 0.15) is 23.4 Å². The molecule has 1 aliphatic heterocycles. The summed E-state index contributed by atoms with van der Waals surface area (Å²) < 4.78 is 5.12. The summed E-state index contributed by atoms with van der Waals surface area (Å²) in [4.78, 5) is 11.8. The molecule has 2 heterocycles. The summed E-state index contributed by atoms with van der Waals surface area (Å²) in [5, 5.41) is 19.7. The number of aromatic nitrogens is 2. The first-order valence-corrected chi connectivity index (χ1v) is 6.07. The maximum Gasteiger partial charge on any atom is 0.224 e. The molecule has 6 heteroatoms. The standard InChI is InChI=1S/C12H19N3O3/c1-8-10(9(2)15-14-8)5-11(16)13-6-12(17)3-4-18-7-12/h17H,3-7H2,1-2H3,(H,13,16)(H,14,15). The first kappa shape index (κ1) is 13.0. The Morgan fingerprint density at radius 3 is 2.94 bits per heavy atom. The van der Waals surface area contributed by atoms with E-state index in [1.165, 1.54) is 0 Å². The monoisotopic (exact) mass is 253 g/mol. The molecule has 3 N–H and O–H groups in total. The first-order valence-electron chi connectivity index (χ1n) is 6.07. The number of aryl methyl sites for hydroxylation is 2. The number of hydrogen-bond acceptors (Lipinski definition) is 4. The van der Waals surface area contributed by atoms with Gasteiger partial charge in [-0.2, -0.15) is 5.10 Å². The van der Waals surface area contributed by atoms with E-state index in [-0.39, 0.29) is 25.5 Å². The highest BCUT2D eigenvalue weighted by atomic mass is 16.5. The molecular formula is C12H19N3O3. The Hall–Kier alpha value is -1.40. The highest BCUT2D eigenvalue weighted by Crippen LogP contribution is 2.17. The molecule has 1 saturated heterocycles. The van der Waals surface area contributed by atoms with Crippen LogP contribution in [0.25, 0.3) is 0 Å². The van der Waals surface area contributed by atoms with E-state index >= 15 is 0 Å². The number of nitrogens with zero attached hydrogens (tertiary/aromatic N) is 1. The third-order valence-corrected chi connectivity index (χ3v) is 3.32. The lowest BCUT2D eigenvalue weighted by atomic mass is 10.0. The van der Waals surface area contributed by atoms with E-state index in [1.54, 1.807) is 0 Å². The minimum absolute atomic E-state index is 0.108. The average molecular weight is 253 g/mol. The van der Waals surface area contributed by atoms with Crippen LogP contribution in [0.4, 0.5) is 0 Å². The Bertz CT molecular complexity index is 416. The van der Waals surface area contributed by atoms with Crippen molar-refractivity contribution in [1.82, 2.24) is 15.5 Å². The predicted octanol–water partition coefficient (Wildman–Crippen LogP) is -0.163. The van der Waals surface area contributed by atoms with E-state index < -0.39 is 5.60 Å². The summed E-state index contributed by atoms with van der Waals surface area (Å²) in [5.41, 5.74) is 1.76. The predicted molar refractivity (Wildman–Crippen MR) is 65.2 cm³/mol. The summed E-state index contributed by atoms with van der Waals surface area (Å²) >= 11 is 0. The minimum atomic E-state index is -0.907. The van der Waals surface area contributed by atoms with Gasteiger partial charge in [0, 0.05) is 30.8 Å². The lowest BCUT2D eigenvalue weighted by molar-refractivity contribution is -0.121. The maximum absolute atomic E-state index is 11.8. The third-order valence-electron chi connectivity index (χ3n) is 3.32. The van der Waals surface area contributed by atoms with Crippen LogP contribution in [0.3, 0.4) is 0 Å². The molecule has 1 aliphatic rings. The molecule has 1 aromatic rings. The Morgan fingerprint density at radius 1 is 1.61 bits per heavy atom. The number of nitrogens with one attached hydrogen (secondary N) is 2. The van der Waals surface area contributed by atoms with Crippen molar-refractivity contribution in [2.24, 2.45) is 0 Å². The molecule has 0 bridgehead atoms. The summed E-state index contributed by atoms with van der Waals surface area (Å²) in [6, 6.07) is 0. The SMILES string of the molecule is Cc1n[nH]c(C)c1CC(=O)NCC1(O)CCOC1. The van der Waals surface area contributed by atoms with Gasteiger partial charge < -0.3 is 15.2 Å². The molecular weight excluding hydrogens is 234 g/mol. The van der Waals surface area contributed by atoms with Crippen molar-refractivity contribution in [2.45, 2.75) is 32.3 Å². The van der Waals surface area contributed by atoms with Crippen LogP contribution >= 0.6 is 0 Å². The van der Waals surface area contributed by atoms with Crippen molar-refractivity contribution < 1.29 is 14.6 Å². The van der Waals surface area contributed by atoms with Gasteiger partial charge in [0.1, 0.15) is 5.60 Å². The average Bonchev–Trinajstić information content (AvgIpc) is 2.89. The number of hydrogen-bond donors (Lipinski definition) is 3. The van der Waals surface area contributed by atoms with Crippen LogP contribution in [0.5, 0.6) is 0 Å². The fourth-order valence-corrected chi connectivity index (χ4v) is 2.06. The Balaban J connectivity index is 1.86. The van der Waals surface area contributed by atoms with Crippen LogP contribution in [0.2, 0.25) is 0 Å². The van der Waals surface area contributed by atoms with Gasteiger partial charge >= 0.3 is 0 Å². The molecule has 2 rings (SSSR count). The van der Waals surface area contributed by atoms with Crippen LogP contribution in [0, 0.1) is 13.8 Å². The van der Waals surface area contributed by atoms with Crippen LogP contribution < -0.4 is 5.32 Å². The number of ether oxygens (including phenoxy) is 1. The zero-order valence-electron chi connectivity index (χ0n) is 10.7. The van der Waals surface area contributed by atoms with E-state index in [0.29, 0.717) is 13.0 Å². The highest BCUT2D eigenvalue weighted by Gasteiger charge is 2.32. The van der Waals surface area contributed by atoms with Gasteiger partial charge in [0.2, 0.25) is 5.91 Å². The van der Waals surface area contributed by atoms with Gasteiger partial charge in [-0.1, -0.05) is 0 Å². The first-order chi connectivity index (χ1) is 8.50. The lowest BCUT2D eigenvalue weighted by Crippen LogP contribution is -2.43. The van der Waals surface area contributed by atoms with Crippen molar-refractivity contribution in [1.29, 1.82) is 0 Å². The number of aliphatic hydroxyl groups is 1. The van der Waals surface area contributed by atoms with Crippen LogP contribution in [-0.2, 0) is 16.0 Å². The minimum Gasteiger partial charge on any atom is -0.386 e. The molecule has 1 atom stereocenters. The number of carbonyl (C=O) groups excluding carboxylic acids is 1. The van der Waals surface area contributed by atoms with Crippen LogP contribution in [0.15, 0.2) is 0 Å². The smallest absolute Gasteiger partial charge is 0.224 e. The van der Waals surface area contributed by atoms with Crippen LogP contribution in [-0.4, -0.2) is 46.6 Å². The topological polar surface area (TPSA) is 87.2 Å². The quantitative estimate of drug-likeness (QED) is 0.695. The van der Waals surface area contributed by atoms with E-state index in [0.717, 1.165) is 17.0 Å². The fraction of sp³-hybridized carbons (Fsp3) is 0.667. The summed E-state index contributed by atoms with van der Waals surface area (Å²) in [6.07, 6.45) is 0.849. The fourth-order valence-electron chi connectivity index (χ4n) is 2.06. The second-order valence-electron chi connectivity index (χ2n) is 4.89. The summed E-state index contributed by atoms with van der Waals surface area (Å²) in [5.74, 6) is -0.108. The number of aromatic amines is 1. The molecule has 0 spiro atoms. The molecule has 1 amide bonds. The Labute approximate surface area is 106 Å². The zero-order chi connectivity index (χ0) is 13.2. The van der Waals surface area contributed by atoms with E-state index in [1.807, 2.05) is 13.8 Å². The summed E-state index contributed by atoms with van der Waals surface area (Å²) in [7, 11) is 0. The largest absolute Gasteiger partial charge is 0.386 e. The number of H-pyrrole nitrogens is 1. The highest BCUT2D eigenvalue weighted by molar-refractivity contribution is 5.79. The van der Waals surface area contributed by atoms with E-state index in [9.17, 15) is 9.90 Å². The van der Waals surface area contributed by atoms with Crippen molar-refractivity contribution in [3.8, 4) is 0 Å². The van der Waals surface area contributed by atoms with Gasteiger partial charge in [-0.05, 0) is 13.8 Å². The van der Waals surface area contributed by atoms with Gasteiger partial charge in [0.15, 0.2) is 0 Å². The zero-order valence-corrected chi connectivity index (χ0v) is 10.7. The van der Waals surface area contributed by atoms with Crippen molar-refractivity contribution >= 4 is 5.91 Å². The number of carbonyl (C=O) groups is 1. The van der Waals surface area contributed by atoms with Gasteiger partial charge in [0.05, 0.1) is 18.7 Å². The van der Waals surface area contributed by atoms with Gasteiger partial charge in [-0.25, -0.2) is 0 Å². The third kappa shape index (κ3) is 2.88. The molecule has 100 valence electrons. The summed E-state index contributed by atoms with van der Waals surface area (Å²) in [6.45, 7) is 4.83. The van der Waals surface area contributed by atoms with E-state index in [4.69, 9.17) is 4.74 Å². The Morgan fingerprint density at radius 2 is 2.39 bits per heavy atom. The molecule has 18 heavy (non-hydrogen) atoms. The molecule has 0 radical (unpaired) electrons. The molecule has 1 unspecified atom stereocenters. The molecule has 6 nitrogen and oxygen atoms in total. The van der Waals surface area contributed by atoms with Crippen molar-refractivity contribution in [2.75, 3.05) is 19.8 Å². The van der Waals surface area contributed by atoms with Gasteiger partial charge in [0.25, 0.3) is 0 Å². The van der Waals surface area contributed by atoms with Gasteiger partial charge in [-0.15, -0.1) is 0 Å².